The minimum absolute atomic E-state index is 0.777. The van der Waals surface area contributed by atoms with E-state index in [0.29, 0.717) is 0 Å². The molecule has 0 radical (unpaired) electrons. The molecule has 1 N–H and O–H groups in total. The lowest BCUT2D eigenvalue weighted by Gasteiger charge is -2.09. The van der Waals surface area contributed by atoms with Gasteiger partial charge in [0.2, 0.25) is 0 Å². The standard InChI is InChI=1S/C21H22ClNS/c22-12-5-1-2-6-15-9-10-20-18(14-15)21-17(11-13-24-20)16-7-3-4-8-19(16)23-21/h3-4,7-10,14,23H,1-2,5-6,11-13H2. The number of hydrogen-bond donors (Lipinski definition) is 1. The molecule has 0 fully saturated rings. The highest BCUT2D eigenvalue weighted by atomic mass is 35.5. The highest BCUT2D eigenvalue weighted by Crippen LogP contribution is 2.40. The van der Waals surface area contributed by atoms with E-state index in [4.69, 9.17) is 11.6 Å². The Kier molecular flexibility index (Phi) is 4.86. The molecule has 3 heteroatoms. The second-order valence-corrected chi connectivity index (χ2v) is 7.97. The van der Waals surface area contributed by atoms with Crippen molar-refractivity contribution < 1.29 is 0 Å². The summed E-state index contributed by atoms with van der Waals surface area (Å²) < 4.78 is 0. The first-order chi connectivity index (χ1) is 11.9. The number of unbranched alkanes of at least 4 members (excludes halogenated alkanes) is 2. The Morgan fingerprint density at radius 2 is 1.96 bits per heavy atom. The normalized spacial score (nSPS) is 13.5. The van der Waals surface area contributed by atoms with Crippen LogP contribution in [0.3, 0.4) is 0 Å². The molecule has 0 unspecified atom stereocenters. The van der Waals surface area contributed by atoms with Gasteiger partial charge in [0.25, 0.3) is 0 Å². The van der Waals surface area contributed by atoms with Crippen LogP contribution >= 0.6 is 23.4 Å². The SMILES string of the molecule is ClCCCCCc1ccc2c(c1)-c1[nH]c3ccccc3c1CCS2. The Bertz CT molecular complexity index is 852. The lowest BCUT2D eigenvalue weighted by molar-refractivity contribution is 0.720. The van der Waals surface area contributed by atoms with Crippen molar-refractivity contribution in [3.05, 3.63) is 53.6 Å². The lowest BCUT2D eigenvalue weighted by Crippen LogP contribution is -1.90. The van der Waals surface area contributed by atoms with Crippen LogP contribution in [0.5, 0.6) is 0 Å². The van der Waals surface area contributed by atoms with Crippen molar-refractivity contribution in [1.82, 2.24) is 4.98 Å². The number of benzene rings is 2. The van der Waals surface area contributed by atoms with Gasteiger partial charge in [0, 0.05) is 33.0 Å². The molecule has 0 bridgehead atoms. The molecule has 1 aromatic heterocycles. The summed E-state index contributed by atoms with van der Waals surface area (Å²) in [5.41, 5.74) is 6.90. The molecule has 1 aliphatic heterocycles. The van der Waals surface area contributed by atoms with Crippen molar-refractivity contribution in [2.45, 2.75) is 37.0 Å². The molecule has 2 aromatic carbocycles. The van der Waals surface area contributed by atoms with E-state index in [9.17, 15) is 0 Å². The Hall–Kier alpha value is -1.38. The van der Waals surface area contributed by atoms with Gasteiger partial charge in [0.15, 0.2) is 0 Å². The van der Waals surface area contributed by atoms with Crippen molar-refractivity contribution >= 4 is 34.3 Å². The molecule has 0 spiro atoms. The number of aromatic nitrogens is 1. The molecule has 124 valence electrons. The van der Waals surface area contributed by atoms with Crippen LogP contribution in [0.4, 0.5) is 0 Å². The Labute approximate surface area is 152 Å². The smallest absolute Gasteiger partial charge is 0.0509 e. The van der Waals surface area contributed by atoms with E-state index in [-0.39, 0.29) is 0 Å². The van der Waals surface area contributed by atoms with Gasteiger partial charge < -0.3 is 4.98 Å². The molecule has 3 aromatic rings. The minimum atomic E-state index is 0.777. The first kappa shape index (κ1) is 16.1. The predicted molar refractivity (Wildman–Crippen MR) is 106 cm³/mol. The maximum atomic E-state index is 5.78. The van der Waals surface area contributed by atoms with Crippen molar-refractivity contribution in [3.63, 3.8) is 0 Å². The van der Waals surface area contributed by atoms with Crippen molar-refractivity contribution in [2.24, 2.45) is 0 Å². The van der Waals surface area contributed by atoms with E-state index < -0.39 is 0 Å². The van der Waals surface area contributed by atoms with E-state index in [2.05, 4.69) is 47.4 Å². The van der Waals surface area contributed by atoms with Crippen LogP contribution < -0.4 is 0 Å². The first-order valence-electron chi connectivity index (χ1n) is 8.78. The third kappa shape index (κ3) is 3.10. The fraction of sp³-hybridized carbons (Fsp3) is 0.333. The van der Waals surface area contributed by atoms with Crippen molar-refractivity contribution in [2.75, 3.05) is 11.6 Å². The van der Waals surface area contributed by atoms with Gasteiger partial charge in [0.05, 0.1) is 5.69 Å². The van der Waals surface area contributed by atoms with Gasteiger partial charge in [-0.15, -0.1) is 23.4 Å². The molecule has 1 nitrogen and oxygen atoms in total. The highest BCUT2D eigenvalue weighted by molar-refractivity contribution is 7.99. The van der Waals surface area contributed by atoms with Crippen LogP contribution in [0.1, 0.15) is 30.4 Å². The Morgan fingerprint density at radius 1 is 1.04 bits per heavy atom. The number of rotatable bonds is 5. The fourth-order valence-electron chi connectivity index (χ4n) is 3.61. The number of para-hydroxylation sites is 1. The number of H-pyrrole nitrogens is 1. The van der Waals surface area contributed by atoms with Gasteiger partial charge in [-0.1, -0.05) is 30.7 Å². The molecule has 0 amide bonds. The quantitative estimate of drug-likeness (QED) is 0.411. The van der Waals surface area contributed by atoms with E-state index in [1.54, 1.807) is 0 Å². The zero-order valence-corrected chi connectivity index (χ0v) is 15.3. The van der Waals surface area contributed by atoms with Crippen molar-refractivity contribution in [3.8, 4) is 11.3 Å². The zero-order chi connectivity index (χ0) is 16.4. The summed E-state index contributed by atoms with van der Waals surface area (Å²) in [4.78, 5) is 5.09. The molecule has 0 aliphatic carbocycles. The highest BCUT2D eigenvalue weighted by Gasteiger charge is 2.19. The lowest BCUT2D eigenvalue weighted by atomic mass is 9.99. The summed E-state index contributed by atoms with van der Waals surface area (Å²) in [6.45, 7) is 0. The van der Waals surface area contributed by atoms with Gasteiger partial charge in [0.1, 0.15) is 0 Å². The summed E-state index contributed by atoms with van der Waals surface area (Å²) in [6.07, 6.45) is 5.83. The summed E-state index contributed by atoms with van der Waals surface area (Å²) >= 11 is 7.77. The van der Waals surface area contributed by atoms with Gasteiger partial charge in [-0.2, -0.15) is 0 Å². The van der Waals surface area contributed by atoms with Crippen LogP contribution in [0.2, 0.25) is 0 Å². The molecule has 0 saturated heterocycles. The summed E-state index contributed by atoms with van der Waals surface area (Å²) in [5, 5.41) is 1.38. The summed E-state index contributed by atoms with van der Waals surface area (Å²) in [5.74, 6) is 1.93. The number of hydrogen-bond acceptors (Lipinski definition) is 1. The van der Waals surface area contributed by atoms with Gasteiger partial charge in [-0.3, -0.25) is 0 Å². The van der Waals surface area contributed by atoms with Crippen LogP contribution in [-0.4, -0.2) is 16.6 Å². The molecular formula is C21H22ClNS. The maximum absolute atomic E-state index is 5.78. The van der Waals surface area contributed by atoms with E-state index in [1.165, 1.54) is 51.0 Å². The molecule has 24 heavy (non-hydrogen) atoms. The minimum Gasteiger partial charge on any atom is -0.354 e. The number of halogens is 1. The van der Waals surface area contributed by atoms with Gasteiger partial charge >= 0.3 is 0 Å². The average molecular weight is 356 g/mol. The number of nitrogens with one attached hydrogen (secondary N) is 1. The maximum Gasteiger partial charge on any atom is 0.0509 e. The molecule has 4 rings (SSSR count). The first-order valence-corrected chi connectivity index (χ1v) is 10.3. The molecule has 2 heterocycles. The fourth-order valence-corrected chi connectivity index (χ4v) is 4.80. The summed E-state index contributed by atoms with van der Waals surface area (Å²) in [7, 11) is 0. The van der Waals surface area contributed by atoms with Crippen LogP contribution in [0.15, 0.2) is 47.4 Å². The van der Waals surface area contributed by atoms with E-state index in [1.807, 2.05) is 11.8 Å². The average Bonchev–Trinajstić information content (AvgIpc) is 2.89. The zero-order valence-electron chi connectivity index (χ0n) is 13.8. The largest absolute Gasteiger partial charge is 0.354 e. The number of fused-ring (bicyclic) bond motifs is 5. The van der Waals surface area contributed by atoms with E-state index >= 15 is 0 Å². The third-order valence-corrected chi connectivity index (χ3v) is 6.18. The van der Waals surface area contributed by atoms with Crippen LogP contribution in [-0.2, 0) is 12.8 Å². The molecule has 0 saturated carbocycles. The monoisotopic (exact) mass is 355 g/mol. The molecule has 1 aliphatic rings. The third-order valence-electron chi connectivity index (χ3n) is 4.84. The van der Waals surface area contributed by atoms with Crippen molar-refractivity contribution in [1.29, 1.82) is 0 Å². The van der Waals surface area contributed by atoms with Gasteiger partial charge in [-0.25, -0.2) is 0 Å². The van der Waals surface area contributed by atoms with E-state index in [0.717, 1.165) is 30.9 Å². The predicted octanol–water partition coefficient (Wildman–Crippen LogP) is 6.43. The Morgan fingerprint density at radius 3 is 2.88 bits per heavy atom. The topological polar surface area (TPSA) is 15.8 Å². The second kappa shape index (κ2) is 7.25. The van der Waals surface area contributed by atoms with Gasteiger partial charge in [-0.05, 0) is 55.0 Å². The molecular weight excluding hydrogens is 334 g/mol. The number of thioether (sulfide) groups is 1. The molecule has 0 atom stereocenters. The second-order valence-electron chi connectivity index (χ2n) is 6.45. The van der Waals surface area contributed by atoms with Crippen LogP contribution in [0.25, 0.3) is 22.2 Å². The Balaban J connectivity index is 1.72. The number of alkyl halides is 1. The summed E-state index contributed by atoms with van der Waals surface area (Å²) in [6, 6.07) is 15.7. The van der Waals surface area contributed by atoms with Crippen LogP contribution in [0, 0.1) is 0 Å². The number of aromatic amines is 1. The number of aryl methyl sites for hydroxylation is 2.